The van der Waals surface area contributed by atoms with Crippen molar-refractivity contribution in [1.82, 2.24) is 20.2 Å². The average Bonchev–Trinajstić information content (AvgIpc) is 3.06. The quantitative estimate of drug-likeness (QED) is 0.295. The molecule has 144 valence electrons. The first-order chi connectivity index (χ1) is 13.5. The topological polar surface area (TPSA) is 124 Å². The number of nitrogens with one attached hydrogen (secondary N) is 1. The molecule has 0 unspecified atom stereocenters. The lowest BCUT2D eigenvalue weighted by molar-refractivity contribution is -0.135. The van der Waals surface area contributed by atoms with Crippen molar-refractivity contribution in [3.63, 3.8) is 0 Å². The molecule has 0 fully saturated rings. The number of benzene rings is 1. The fourth-order valence-corrected chi connectivity index (χ4v) is 2.49. The van der Waals surface area contributed by atoms with Gasteiger partial charge in [-0.25, -0.2) is 24.3 Å². The van der Waals surface area contributed by atoms with Crippen LogP contribution in [0.4, 0.5) is 4.39 Å². The summed E-state index contributed by atoms with van der Waals surface area (Å²) in [6, 6.07) is 9.55. The highest BCUT2D eigenvalue weighted by atomic mass is 19.1. The molecule has 3 rings (SSSR count). The van der Waals surface area contributed by atoms with Gasteiger partial charge >= 0.3 is 5.97 Å². The summed E-state index contributed by atoms with van der Waals surface area (Å²) >= 11 is 0. The summed E-state index contributed by atoms with van der Waals surface area (Å²) in [5.74, 6) is -2.43. The van der Waals surface area contributed by atoms with Crippen molar-refractivity contribution in [2.75, 3.05) is 6.61 Å². The van der Waals surface area contributed by atoms with E-state index in [9.17, 15) is 14.0 Å². The van der Waals surface area contributed by atoms with Crippen LogP contribution in [0.25, 0.3) is 11.0 Å². The molecule has 0 atom stereocenters. The number of rotatable bonds is 5. The van der Waals surface area contributed by atoms with E-state index in [2.05, 4.69) is 25.3 Å². The fourth-order valence-electron chi connectivity index (χ4n) is 2.49. The van der Waals surface area contributed by atoms with Crippen molar-refractivity contribution in [2.24, 2.45) is 10.8 Å². The molecule has 0 radical (unpaired) electrons. The third kappa shape index (κ3) is 3.95. The summed E-state index contributed by atoms with van der Waals surface area (Å²) in [5, 5.41) is 8.20. The molecule has 3 N–H and O–H groups in total. The molecule has 0 aliphatic carbocycles. The van der Waals surface area contributed by atoms with E-state index < -0.39 is 17.7 Å². The lowest BCUT2D eigenvalue weighted by Gasteiger charge is -2.04. The van der Waals surface area contributed by atoms with E-state index in [1.807, 2.05) is 0 Å². The zero-order valence-electron chi connectivity index (χ0n) is 14.9. The normalized spacial score (nSPS) is 11.4. The summed E-state index contributed by atoms with van der Waals surface area (Å²) in [6.07, 6.45) is 1.54. The number of amidine groups is 1. The van der Waals surface area contributed by atoms with Gasteiger partial charge in [0.1, 0.15) is 5.82 Å². The Hall–Kier alpha value is -3.82. The van der Waals surface area contributed by atoms with E-state index in [0.717, 1.165) is 0 Å². The number of nitrogens with two attached hydrogens (primary N) is 1. The van der Waals surface area contributed by atoms with Gasteiger partial charge < -0.3 is 10.5 Å². The highest BCUT2D eigenvalue weighted by molar-refractivity contribution is 6.34. The van der Waals surface area contributed by atoms with Gasteiger partial charge in [-0.2, -0.15) is 5.10 Å². The van der Waals surface area contributed by atoms with Crippen LogP contribution in [0.3, 0.4) is 0 Å². The highest BCUT2D eigenvalue weighted by Crippen LogP contribution is 2.18. The number of esters is 1. The molecule has 0 bridgehead atoms. The molecular formula is C18H17FN6O3. The molecular weight excluding hydrogens is 367 g/mol. The van der Waals surface area contributed by atoms with E-state index in [-0.39, 0.29) is 24.7 Å². The molecule has 0 saturated heterocycles. The Morgan fingerprint density at radius 2 is 2.07 bits per heavy atom. The molecule has 10 heteroatoms. The van der Waals surface area contributed by atoms with Crippen molar-refractivity contribution in [3.8, 4) is 0 Å². The Bertz CT molecular complexity index is 1060. The molecule has 0 aliphatic rings. The maximum Gasteiger partial charge on any atom is 0.375 e. The lowest BCUT2D eigenvalue weighted by atomic mass is 10.2. The number of carbonyl (C=O) groups is 2. The van der Waals surface area contributed by atoms with Crippen LogP contribution in [-0.2, 0) is 16.1 Å². The Balaban J connectivity index is 1.90. The third-order valence-corrected chi connectivity index (χ3v) is 3.76. The number of aromatic nitrogens is 3. The van der Waals surface area contributed by atoms with Gasteiger partial charge in [-0.3, -0.25) is 4.79 Å². The minimum atomic E-state index is -0.848. The van der Waals surface area contributed by atoms with E-state index in [4.69, 9.17) is 5.73 Å². The van der Waals surface area contributed by atoms with Crippen molar-refractivity contribution in [3.05, 3.63) is 59.7 Å². The van der Waals surface area contributed by atoms with Crippen molar-refractivity contribution < 1.29 is 18.7 Å². The molecule has 3 aromatic rings. The number of hydrogen-bond donors (Lipinski definition) is 2. The third-order valence-electron chi connectivity index (χ3n) is 3.76. The van der Waals surface area contributed by atoms with Crippen LogP contribution in [-0.4, -0.2) is 39.1 Å². The standard InChI is InChI=1S/C18H17FN6O3/c1-2-28-18(27)15(20)22-23-17(26)14-12-7-5-9-21-16(12)25(24-14)10-11-6-3-4-8-13(11)19/h3-9H,2,10H2,1H3,(H2,20,22)(H,23,26). The SMILES string of the molecule is CCOC(=O)/C(N)=N\NC(=O)c1nn(Cc2ccccc2F)c2ncccc12. The Labute approximate surface area is 159 Å². The first kappa shape index (κ1) is 19.0. The number of ether oxygens (including phenoxy) is 1. The van der Waals surface area contributed by atoms with Gasteiger partial charge in [0, 0.05) is 11.8 Å². The summed E-state index contributed by atoms with van der Waals surface area (Å²) in [7, 11) is 0. The second kappa shape index (κ2) is 8.25. The van der Waals surface area contributed by atoms with E-state index in [1.54, 1.807) is 43.5 Å². The molecule has 1 aromatic carbocycles. The Morgan fingerprint density at radius 3 is 2.82 bits per heavy atom. The number of hydrogen-bond acceptors (Lipinski definition) is 6. The predicted octanol–water partition coefficient (Wildman–Crippen LogP) is 1.18. The van der Waals surface area contributed by atoms with Crippen molar-refractivity contribution >= 4 is 28.7 Å². The maximum atomic E-state index is 14.0. The average molecular weight is 384 g/mol. The van der Waals surface area contributed by atoms with Crippen LogP contribution in [0.2, 0.25) is 0 Å². The first-order valence-electron chi connectivity index (χ1n) is 8.36. The Morgan fingerprint density at radius 1 is 1.29 bits per heavy atom. The molecule has 9 nitrogen and oxygen atoms in total. The number of fused-ring (bicyclic) bond motifs is 1. The summed E-state index contributed by atoms with van der Waals surface area (Å²) in [6.45, 7) is 1.83. The maximum absolute atomic E-state index is 14.0. The minimum absolute atomic E-state index is 0.0137. The van der Waals surface area contributed by atoms with Gasteiger partial charge in [0.05, 0.1) is 18.5 Å². The van der Waals surface area contributed by atoms with Gasteiger partial charge in [0.25, 0.3) is 5.91 Å². The van der Waals surface area contributed by atoms with Crippen LogP contribution in [0, 0.1) is 5.82 Å². The summed E-state index contributed by atoms with van der Waals surface area (Å²) in [5.41, 5.74) is 8.42. The van der Waals surface area contributed by atoms with Gasteiger partial charge in [-0.1, -0.05) is 18.2 Å². The second-order valence-electron chi connectivity index (χ2n) is 5.63. The fraction of sp³-hybridized carbons (Fsp3) is 0.167. The molecule has 0 spiro atoms. The van der Waals surface area contributed by atoms with Crippen molar-refractivity contribution in [2.45, 2.75) is 13.5 Å². The number of amides is 1. The number of pyridine rings is 1. The second-order valence-corrected chi connectivity index (χ2v) is 5.63. The zero-order valence-corrected chi connectivity index (χ0v) is 14.9. The molecule has 28 heavy (non-hydrogen) atoms. The smallest absolute Gasteiger partial charge is 0.375 e. The molecule has 1 amide bonds. The van der Waals surface area contributed by atoms with E-state index in [0.29, 0.717) is 16.6 Å². The van der Waals surface area contributed by atoms with E-state index in [1.165, 1.54) is 10.7 Å². The lowest BCUT2D eigenvalue weighted by Crippen LogP contribution is -2.31. The van der Waals surface area contributed by atoms with Crippen LogP contribution in [0.1, 0.15) is 23.0 Å². The largest absolute Gasteiger partial charge is 0.460 e. The summed E-state index contributed by atoms with van der Waals surface area (Å²) in [4.78, 5) is 28.1. The highest BCUT2D eigenvalue weighted by Gasteiger charge is 2.19. The first-order valence-corrected chi connectivity index (χ1v) is 8.36. The predicted molar refractivity (Wildman–Crippen MR) is 98.8 cm³/mol. The number of nitrogens with zero attached hydrogens (tertiary/aromatic N) is 4. The van der Waals surface area contributed by atoms with Crippen molar-refractivity contribution in [1.29, 1.82) is 0 Å². The van der Waals surface area contributed by atoms with Crippen LogP contribution < -0.4 is 11.2 Å². The molecule has 0 saturated carbocycles. The van der Waals surface area contributed by atoms with Gasteiger partial charge in [0.2, 0.25) is 5.84 Å². The monoisotopic (exact) mass is 384 g/mol. The molecule has 0 aliphatic heterocycles. The zero-order chi connectivity index (χ0) is 20.1. The number of carbonyl (C=O) groups excluding carboxylic acids is 2. The number of halogens is 1. The van der Waals surface area contributed by atoms with Crippen LogP contribution in [0.5, 0.6) is 0 Å². The minimum Gasteiger partial charge on any atom is -0.460 e. The van der Waals surface area contributed by atoms with Gasteiger partial charge in [-0.05, 0) is 25.1 Å². The summed E-state index contributed by atoms with van der Waals surface area (Å²) < 4.78 is 20.1. The van der Waals surface area contributed by atoms with Crippen LogP contribution in [0.15, 0.2) is 47.7 Å². The molecule has 2 aromatic heterocycles. The molecule has 2 heterocycles. The van der Waals surface area contributed by atoms with Gasteiger partial charge in [0.15, 0.2) is 11.3 Å². The Kier molecular flexibility index (Phi) is 5.58. The van der Waals surface area contributed by atoms with Crippen LogP contribution >= 0.6 is 0 Å². The van der Waals surface area contributed by atoms with E-state index >= 15 is 0 Å². The van der Waals surface area contributed by atoms with Gasteiger partial charge in [-0.15, -0.1) is 5.10 Å². The number of hydrazone groups is 1.